The highest BCUT2D eigenvalue weighted by Gasteiger charge is 2.35. The predicted molar refractivity (Wildman–Crippen MR) is 168 cm³/mol. The van der Waals surface area contributed by atoms with Gasteiger partial charge in [-0.2, -0.15) is 0 Å². The maximum Gasteiger partial charge on any atom is 0.264 e. The van der Waals surface area contributed by atoms with Gasteiger partial charge in [0.1, 0.15) is 18.3 Å². The van der Waals surface area contributed by atoms with E-state index in [4.69, 9.17) is 27.9 Å². The fourth-order valence-corrected chi connectivity index (χ4v) is 6.15. The number of hydrogen-bond donors (Lipinski definition) is 1. The third kappa shape index (κ3) is 8.40. The summed E-state index contributed by atoms with van der Waals surface area (Å²) in [5, 5.41) is 3.60. The van der Waals surface area contributed by atoms with Crippen LogP contribution in [0.3, 0.4) is 0 Å². The van der Waals surface area contributed by atoms with Crippen molar-refractivity contribution >= 4 is 50.7 Å². The van der Waals surface area contributed by atoms with Crippen LogP contribution in [0.5, 0.6) is 5.75 Å². The lowest BCUT2D eigenvalue weighted by atomic mass is 10.1. The summed E-state index contributed by atoms with van der Waals surface area (Å²) < 4.78 is 34.9. The first kappa shape index (κ1) is 33.2. The second-order valence-electron chi connectivity index (χ2n) is 10.7. The molecule has 0 heterocycles. The molecule has 0 bridgehead atoms. The topological polar surface area (TPSA) is 96.0 Å². The third-order valence-electron chi connectivity index (χ3n) is 6.26. The minimum Gasteiger partial charge on any atom is -0.492 e. The number of amides is 2. The normalized spacial score (nSPS) is 12.4. The Morgan fingerprint density at radius 2 is 1.57 bits per heavy atom. The number of anilines is 1. The first-order valence-corrected chi connectivity index (χ1v) is 15.8. The molecule has 1 N–H and O–H groups in total. The molecule has 1 atom stereocenters. The summed E-state index contributed by atoms with van der Waals surface area (Å²) in [5.41, 5.74) is 0.284. The average molecular weight is 635 g/mol. The minimum atomic E-state index is -4.22. The molecular formula is C31H37Cl2N3O5S. The van der Waals surface area contributed by atoms with Crippen molar-refractivity contribution in [2.45, 2.75) is 64.1 Å². The Labute approximate surface area is 258 Å². The highest BCUT2D eigenvalue weighted by molar-refractivity contribution is 7.92. The summed E-state index contributed by atoms with van der Waals surface area (Å²) in [6, 6.07) is 18.6. The largest absolute Gasteiger partial charge is 0.492 e. The van der Waals surface area contributed by atoms with E-state index in [1.165, 1.54) is 17.0 Å². The number of nitrogens with zero attached hydrogens (tertiary/aromatic N) is 2. The number of benzene rings is 3. The van der Waals surface area contributed by atoms with Crippen molar-refractivity contribution in [1.82, 2.24) is 10.2 Å². The van der Waals surface area contributed by atoms with Crippen LogP contribution in [0.15, 0.2) is 77.7 Å². The quantitative estimate of drug-likeness (QED) is 0.252. The molecule has 226 valence electrons. The summed E-state index contributed by atoms with van der Waals surface area (Å²) in [4.78, 5) is 29.1. The SMILES string of the molecule is CCOc1ccccc1N(CC(=O)N(Cc1ccc(Cl)c(Cl)c1)[C@H](CC)C(=O)NC(C)(C)C)S(=O)(=O)c1ccccc1. The van der Waals surface area contributed by atoms with Crippen LogP contribution in [-0.4, -0.2) is 49.9 Å². The zero-order chi connectivity index (χ0) is 31.1. The van der Waals surface area contributed by atoms with E-state index in [-0.39, 0.29) is 29.5 Å². The third-order valence-corrected chi connectivity index (χ3v) is 8.78. The Hall–Kier alpha value is -3.27. The fourth-order valence-electron chi connectivity index (χ4n) is 4.38. The Morgan fingerprint density at radius 1 is 0.929 bits per heavy atom. The highest BCUT2D eigenvalue weighted by atomic mass is 35.5. The van der Waals surface area contributed by atoms with Gasteiger partial charge >= 0.3 is 0 Å². The lowest BCUT2D eigenvalue weighted by Crippen LogP contribution is -2.55. The number of carbonyl (C=O) groups is 2. The van der Waals surface area contributed by atoms with Gasteiger partial charge in [0, 0.05) is 12.1 Å². The van der Waals surface area contributed by atoms with Crippen LogP contribution >= 0.6 is 23.2 Å². The standard InChI is InChI=1S/C31H37Cl2N3O5S/c1-6-26(30(38)34-31(3,4)5)35(20-22-17-18-24(32)25(33)19-22)29(37)21-36(27-15-11-12-16-28(27)41-7-2)42(39,40)23-13-9-8-10-14-23/h8-19,26H,6-7,20-21H2,1-5H3,(H,34,38)/t26-/m1/s1. The number of rotatable bonds is 12. The second kappa shape index (κ2) is 14.3. The van der Waals surface area contributed by atoms with E-state index in [1.807, 2.05) is 20.8 Å². The van der Waals surface area contributed by atoms with Gasteiger partial charge in [-0.05, 0) is 76.1 Å². The van der Waals surface area contributed by atoms with Crippen LogP contribution in [0.2, 0.25) is 10.0 Å². The summed E-state index contributed by atoms with van der Waals surface area (Å²) in [6.07, 6.45) is 0.288. The molecule has 0 aliphatic carbocycles. The van der Waals surface area contributed by atoms with Crippen LogP contribution in [-0.2, 0) is 26.2 Å². The highest BCUT2D eigenvalue weighted by Crippen LogP contribution is 2.33. The molecule has 3 rings (SSSR count). The predicted octanol–water partition coefficient (Wildman–Crippen LogP) is 6.31. The number of sulfonamides is 1. The molecule has 0 aliphatic rings. The van der Waals surface area contributed by atoms with Gasteiger partial charge < -0.3 is 15.0 Å². The number of halogens is 2. The number of hydrogen-bond acceptors (Lipinski definition) is 5. The van der Waals surface area contributed by atoms with Crippen molar-refractivity contribution < 1.29 is 22.7 Å². The van der Waals surface area contributed by atoms with E-state index in [1.54, 1.807) is 74.5 Å². The van der Waals surface area contributed by atoms with Crippen molar-refractivity contribution in [1.29, 1.82) is 0 Å². The second-order valence-corrected chi connectivity index (χ2v) is 13.3. The number of para-hydroxylation sites is 2. The molecular weight excluding hydrogens is 597 g/mol. The maximum atomic E-state index is 14.2. The molecule has 0 fully saturated rings. The Balaban J connectivity index is 2.12. The fraction of sp³-hybridized carbons (Fsp3) is 0.355. The van der Waals surface area contributed by atoms with Gasteiger partial charge in [0.05, 0.1) is 27.2 Å². The molecule has 8 nitrogen and oxygen atoms in total. The maximum absolute atomic E-state index is 14.2. The van der Waals surface area contributed by atoms with Crippen LogP contribution in [0.25, 0.3) is 0 Å². The van der Waals surface area contributed by atoms with E-state index in [2.05, 4.69) is 5.32 Å². The van der Waals surface area contributed by atoms with Crippen molar-refractivity contribution in [3.63, 3.8) is 0 Å². The lowest BCUT2D eigenvalue weighted by Gasteiger charge is -2.35. The van der Waals surface area contributed by atoms with Crippen molar-refractivity contribution in [2.75, 3.05) is 17.5 Å². The number of nitrogens with one attached hydrogen (secondary N) is 1. The molecule has 0 aromatic heterocycles. The molecule has 0 aliphatic heterocycles. The molecule has 3 aromatic carbocycles. The van der Waals surface area contributed by atoms with Crippen molar-refractivity contribution in [3.8, 4) is 5.75 Å². The molecule has 2 amide bonds. The number of ether oxygens (including phenoxy) is 1. The van der Waals surface area contributed by atoms with Crippen LogP contribution < -0.4 is 14.4 Å². The van der Waals surface area contributed by atoms with Gasteiger partial charge in [0.2, 0.25) is 11.8 Å². The summed E-state index contributed by atoms with van der Waals surface area (Å²) in [6.45, 7) is 8.84. The first-order chi connectivity index (χ1) is 19.8. The zero-order valence-electron chi connectivity index (χ0n) is 24.4. The van der Waals surface area contributed by atoms with Crippen molar-refractivity contribution in [3.05, 3.63) is 88.4 Å². The molecule has 0 spiro atoms. The van der Waals surface area contributed by atoms with Gasteiger partial charge in [0.15, 0.2) is 0 Å². The Morgan fingerprint density at radius 3 is 2.17 bits per heavy atom. The first-order valence-electron chi connectivity index (χ1n) is 13.6. The van der Waals surface area contributed by atoms with E-state index >= 15 is 0 Å². The monoisotopic (exact) mass is 633 g/mol. The van der Waals surface area contributed by atoms with Gasteiger partial charge in [-0.15, -0.1) is 0 Å². The Bertz CT molecular complexity index is 1490. The average Bonchev–Trinajstić information content (AvgIpc) is 2.93. The van der Waals surface area contributed by atoms with E-state index < -0.39 is 34.1 Å². The smallest absolute Gasteiger partial charge is 0.264 e. The molecule has 0 saturated carbocycles. The summed E-state index contributed by atoms with van der Waals surface area (Å²) in [5.74, 6) is -0.630. The van der Waals surface area contributed by atoms with Gasteiger partial charge in [-0.25, -0.2) is 8.42 Å². The van der Waals surface area contributed by atoms with Crippen molar-refractivity contribution in [2.24, 2.45) is 0 Å². The van der Waals surface area contributed by atoms with Crippen LogP contribution in [0.1, 0.15) is 46.6 Å². The molecule has 0 saturated heterocycles. The molecule has 0 radical (unpaired) electrons. The van der Waals surface area contributed by atoms with E-state index in [9.17, 15) is 18.0 Å². The number of carbonyl (C=O) groups excluding carboxylic acids is 2. The van der Waals surface area contributed by atoms with Gasteiger partial charge in [-0.1, -0.05) is 66.5 Å². The van der Waals surface area contributed by atoms with Crippen LogP contribution in [0.4, 0.5) is 5.69 Å². The zero-order valence-corrected chi connectivity index (χ0v) is 26.8. The molecule has 3 aromatic rings. The molecule has 11 heteroatoms. The molecule has 0 unspecified atom stereocenters. The van der Waals surface area contributed by atoms with E-state index in [0.29, 0.717) is 28.0 Å². The minimum absolute atomic E-state index is 0.00186. The Kier molecular flexibility index (Phi) is 11.3. The lowest BCUT2D eigenvalue weighted by molar-refractivity contribution is -0.141. The van der Waals surface area contributed by atoms with Gasteiger partial charge in [-0.3, -0.25) is 13.9 Å². The van der Waals surface area contributed by atoms with Crippen LogP contribution in [0, 0.1) is 0 Å². The van der Waals surface area contributed by atoms with Gasteiger partial charge in [0.25, 0.3) is 10.0 Å². The summed E-state index contributed by atoms with van der Waals surface area (Å²) >= 11 is 12.4. The summed E-state index contributed by atoms with van der Waals surface area (Å²) in [7, 11) is -4.22. The van der Waals surface area contributed by atoms with E-state index in [0.717, 1.165) is 4.31 Å². The molecule has 42 heavy (non-hydrogen) atoms.